The van der Waals surface area contributed by atoms with E-state index in [1.807, 2.05) is 49.4 Å². The molecule has 10 nitrogen and oxygen atoms in total. The summed E-state index contributed by atoms with van der Waals surface area (Å²) in [4.78, 5) is 23.3. The van der Waals surface area contributed by atoms with Crippen molar-refractivity contribution in [3.05, 3.63) is 78.9 Å². The number of thioether (sulfide) groups is 2. The molecule has 18 heteroatoms. The van der Waals surface area contributed by atoms with Gasteiger partial charge in [0.1, 0.15) is 0 Å². The Balaban J connectivity index is 0.000000325. The number of carboxylic acid groups (broad SMARTS) is 2. The molecule has 6 N–H and O–H groups in total. The predicted octanol–water partition coefficient (Wildman–Crippen LogP) is 7.23. The van der Waals surface area contributed by atoms with Crippen LogP contribution in [0.25, 0.3) is 0 Å². The van der Waals surface area contributed by atoms with E-state index in [1.54, 1.807) is 47.2 Å². The molecule has 332 valence electrons. The van der Waals surface area contributed by atoms with Crippen LogP contribution in [0, 0.1) is 56.3 Å². The number of hydrogen-bond donors (Lipinski definition) is 6. The molecule has 0 bridgehead atoms. The number of carbonyl (C=O) groups is 2. The Labute approximate surface area is 395 Å². The normalized spacial score (nSPS) is 25.0. The van der Waals surface area contributed by atoms with Crippen molar-refractivity contribution in [2.24, 2.45) is 35.5 Å². The van der Waals surface area contributed by atoms with Crippen molar-refractivity contribution < 1.29 is 49.7 Å². The molecule has 2 radical (unpaired) electrons. The molecule has 61 heavy (non-hydrogen) atoms. The number of hydrogen-bond acceptors (Lipinski definition) is 12. The van der Waals surface area contributed by atoms with Crippen LogP contribution in [0.5, 0.6) is 5.06 Å². The van der Waals surface area contributed by atoms with Gasteiger partial charge < -0.3 is 0 Å². The third-order valence-electron chi connectivity index (χ3n) is 10.4. The van der Waals surface area contributed by atoms with Gasteiger partial charge >= 0.3 is 398 Å². The molecular weight excluding hydrogens is 986 g/mol. The van der Waals surface area contributed by atoms with Crippen molar-refractivity contribution >= 4 is 117 Å². The Morgan fingerprint density at radius 1 is 0.869 bits per heavy atom. The first-order valence-corrected chi connectivity index (χ1v) is 25.3. The molecule has 2 fully saturated rings. The second kappa shape index (κ2) is 28.4. The van der Waals surface area contributed by atoms with Gasteiger partial charge in [-0.2, -0.15) is 0 Å². The van der Waals surface area contributed by atoms with E-state index in [4.69, 9.17) is 34.7 Å². The van der Waals surface area contributed by atoms with Crippen LogP contribution in [0.4, 0.5) is 0 Å². The number of aryl methyl sites for hydroxylation is 2. The van der Waals surface area contributed by atoms with Crippen molar-refractivity contribution in [2.75, 3.05) is 37.1 Å². The van der Waals surface area contributed by atoms with Crippen LogP contribution in [-0.4, -0.2) is 131 Å². The van der Waals surface area contributed by atoms with E-state index in [0.29, 0.717) is 37.2 Å². The van der Waals surface area contributed by atoms with Crippen LogP contribution < -0.4 is 4.74 Å². The number of thiophene rings is 2. The van der Waals surface area contributed by atoms with Gasteiger partial charge in [-0.05, 0) is 0 Å². The molecule has 4 rings (SSSR count). The van der Waals surface area contributed by atoms with E-state index in [1.165, 1.54) is 37.7 Å². The molecule has 0 aliphatic heterocycles. The molecule has 0 aromatic carbocycles. The molecule has 10 atom stereocenters. The topological polar surface area (TPSA) is 174 Å². The SMILES string of the molecule is [B]=C[C@@H]1CC(O)[C@H](C/C=C\COCC(=O)O)[C@H]1/C=C/[C@@H](O)COc1cc(Br)c(C)s1.[B]=C[C@@H]1CC(O)[C@H](C/C=C\CSCC(=O)O)[C@H]1/C=C/[C@@H](O)CSc1sc(C)c(Br)c1C. The van der Waals surface area contributed by atoms with Gasteiger partial charge in [0, 0.05) is 0 Å². The van der Waals surface area contributed by atoms with Gasteiger partial charge in [0.2, 0.25) is 0 Å². The van der Waals surface area contributed by atoms with Crippen LogP contribution in [0.2, 0.25) is 0 Å². The van der Waals surface area contributed by atoms with Crippen molar-refractivity contribution in [1.82, 2.24) is 0 Å². The van der Waals surface area contributed by atoms with Crippen LogP contribution >= 0.6 is 78.1 Å². The van der Waals surface area contributed by atoms with Crippen LogP contribution in [-0.2, 0) is 14.3 Å². The summed E-state index contributed by atoms with van der Waals surface area (Å²) in [7, 11) is 11.6. The van der Waals surface area contributed by atoms with Crippen LogP contribution in [0.1, 0.15) is 41.0 Å². The summed E-state index contributed by atoms with van der Waals surface area (Å²) in [6.07, 6.45) is 15.2. The zero-order chi connectivity index (χ0) is 45.1. The molecule has 2 saturated carbocycles. The Morgan fingerprint density at radius 3 is 1.97 bits per heavy atom. The van der Waals surface area contributed by atoms with Gasteiger partial charge in [-0.15, -0.1) is 0 Å². The van der Waals surface area contributed by atoms with Gasteiger partial charge in [-0.1, -0.05) is 0 Å². The number of aliphatic hydroxyl groups excluding tert-OH is 4. The maximum absolute atomic E-state index is 10.6. The number of halogens is 2. The summed E-state index contributed by atoms with van der Waals surface area (Å²) in [5.74, 6) is 2.85. The summed E-state index contributed by atoms with van der Waals surface area (Å²) in [5, 5.41) is 59.7. The number of carboxylic acids is 2. The fourth-order valence-electron chi connectivity index (χ4n) is 7.26. The monoisotopic (exact) mass is 1040 g/mol. The third-order valence-corrected chi connectivity index (χ3v) is 17.5. The number of aliphatic carboxylic acids is 2. The second-order valence-corrected chi connectivity index (χ2v) is 21.3. The third kappa shape index (κ3) is 18.4. The molecule has 2 aliphatic rings. The van der Waals surface area contributed by atoms with Crippen molar-refractivity contribution in [2.45, 2.75) is 75.1 Å². The van der Waals surface area contributed by atoms with Gasteiger partial charge in [0.15, 0.2) is 0 Å². The summed E-state index contributed by atoms with van der Waals surface area (Å²) in [5.41, 5.74) is 1.22. The first-order chi connectivity index (χ1) is 29.1. The van der Waals surface area contributed by atoms with E-state index >= 15 is 0 Å². The zero-order valence-electron chi connectivity index (χ0n) is 34.6. The second-order valence-electron chi connectivity index (χ2n) is 14.9. The summed E-state index contributed by atoms with van der Waals surface area (Å²) >= 11 is 13.3. The zero-order valence-corrected chi connectivity index (χ0v) is 41.0. The molecular formula is C43H56B2Br2O10S4. The number of ether oxygens (including phenoxy) is 2. The van der Waals surface area contributed by atoms with Gasteiger partial charge in [0.05, 0.1) is 0 Å². The van der Waals surface area contributed by atoms with E-state index in [2.05, 4.69) is 45.7 Å². The van der Waals surface area contributed by atoms with E-state index < -0.39 is 36.4 Å². The van der Waals surface area contributed by atoms with E-state index in [9.17, 15) is 30.0 Å². The average Bonchev–Trinajstić information content (AvgIpc) is 3.90. The minimum atomic E-state index is -1.01. The van der Waals surface area contributed by atoms with Gasteiger partial charge in [0.25, 0.3) is 0 Å². The molecule has 2 heterocycles. The fourth-order valence-corrected chi connectivity index (χ4v) is 12.2. The average molecular weight is 1040 g/mol. The first-order valence-electron chi connectivity index (χ1n) is 19.9. The standard InChI is InChI=1S/C22H29BBrO4S3.C21H27BBrO6S/c1-13-21(24)14(2)31-22(13)30-11-16(25)6-7-17-15(10-23)9-19(26)18(17)5-3-4-8-29-12-20(27)28;1-13-18(23)9-21(30-13)29-11-15(24)5-6-16-14(10-22)8-19(25)17(16)4-2-3-7-28-12-20(26)27/h3-4,6-7,10,15-19,25-26H,5,8-9,11-12H2,1-2H3,(H,27,28);2-3,5-6,9-10,14-17,19,24-25H,4,7-8,11-12H2,1H3,(H,26,27)/b4-3-,7-6+;3-2-,6-5+/t15-,16+,17-,18+,19?;14-,15+,16-,17+,19?/m00/s1. The molecule has 0 spiro atoms. The van der Waals surface area contributed by atoms with Crippen molar-refractivity contribution in [3.8, 4) is 5.06 Å². The Hall–Kier alpha value is -1.57. The van der Waals surface area contributed by atoms with Gasteiger partial charge in [-0.3, -0.25) is 0 Å². The minimum absolute atomic E-state index is 0.0117. The van der Waals surface area contributed by atoms with Crippen molar-refractivity contribution in [3.63, 3.8) is 0 Å². The number of allylic oxidation sites excluding steroid dienone is 4. The van der Waals surface area contributed by atoms with Gasteiger partial charge in [-0.25, -0.2) is 0 Å². The summed E-state index contributed by atoms with van der Waals surface area (Å²) in [6.45, 7) is 6.15. The molecule has 0 amide bonds. The number of rotatable bonds is 24. The quantitative estimate of drug-likeness (QED) is 0.0270. The molecule has 2 aromatic rings. The number of aliphatic hydroxyl groups is 4. The van der Waals surface area contributed by atoms with Crippen molar-refractivity contribution in [1.29, 1.82) is 0 Å². The fraction of sp³-hybridized carbons (Fsp3) is 0.535. The summed E-state index contributed by atoms with van der Waals surface area (Å²) < 4.78 is 14.0. The Bertz CT molecular complexity index is 1820. The molecule has 2 unspecified atom stereocenters. The Kier molecular flexibility index (Phi) is 25.0. The van der Waals surface area contributed by atoms with Crippen LogP contribution in [0.15, 0.2) is 67.8 Å². The first kappa shape index (κ1) is 53.8. The van der Waals surface area contributed by atoms with E-state index in [-0.39, 0.29) is 61.1 Å². The predicted molar refractivity (Wildman–Crippen MR) is 262 cm³/mol. The maximum atomic E-state index is 10.6. The molecule has 2 aromatic heterocycles. The Morgan fingerprint density at radius 2 is 1.46 bits per heavy atom. The van der Waals surface area contributed by atoms with Crippen LogP contribution in [0.3, 0.4) is 0 Å². The summed E-state index contributed by atoms with van der Waals surface area (Å²) in [6, 6.07) is 1.88. The molecule has 2 aliphatic carbocycles. The van der Waals surface area contributed by atoms with E-state index in [0.717, 1.165) is 18.9 Å². The molecule has 0 saturated heterocycles.